The van der Waals surface area contributed by atoms with Gasteiger partial charge in [0.25, 0.3) is 10.0 Å². The Morgan fingerprint density at radius 1 is 1.41 bits per heavy atom. The Morgan fingerprint density at radius 2 is 2.12 bits per heavy atom. The smallest absolute Gasteiger partial charge is 0.274 e. The molecule has 0 aliphatic rings. The lowest BCUT2D eigenvalue weighted by Crippen LogP contribution is -2.34. The van der Waals surface area contributed by atoms with Crippen LogP contribution in [0.1, 0.15) is 38.9 Å². The van der Waals surface area contributed by atoms with Crippen LogP contribution in [0.5, 0.6) is 0 Å². The standard InChI is InChI=1S/C11H19NO4S/c1-3-5-9(4-2)12-17(14,15)11-7-6-10(8-13)16-11/h6-7,9,12-13H,3-5,8H2,1-2H3. The second-order valence-electron chi connectivity index (χ2n) is 3.89. The van der Waals surface area contributed by atoms with Gasteiger partial charge < -0.3 is 9.52 Å². The maximum absolute atomic E-state index is 11.9. The van der Waals surface area contributed by atoms with Crippen LogP contribution < -0.4 is 4.72 Å². The Balaban J connectivity index is 2.80. The first-order chi connectivity index (χ1) is 8.03. The molecule has 2 N–H and O–H groups in total. The van der Waals surface area contributed by atoms with Gasteiger partial charge in [-0.05, 0) is 25.0 Å². The van der Waals surface area contributed by atoms with Gasteiger partial charge in [-0.25, -0.2) is 13.1 Å². The average Bonchev–Trinajstić information content (AvgIpc) is 2.77. The summed E-state index contributed by atoms with van der Waals surface area (Å²) >= 11 is 0. The average molecular weight is 261 g/mol. The number of rotatable bonds is 7. The van der Waals surface area contributed by atoms with Crippen LogP contribution >= 0.6 is 0 Å². The minimum absolute atomic E-state index is 0.0762. The first-order valence-electron chi connectivity index (χ1n) is 5.75. The zero-order chi connectivity index (χ0) is 12.9. The SMILES string of the molecule is CCCC(CC)NS(=O)(=O)c1ccc(CO)o1. The molecule has 0 radical (unpaired) electrons. The second-order valence-corrected chi connectivity index (χ2v) is 5.54. The highest BCUT2D eigenvalue weighted by Crippen LogP contribution is 2.15. The van der Waals surface area contributed by atoms with Gasteiger partial charge >= 0.3 is 0 Å². The third-order valence-electron chi connectivity index (χ3n) is 2.51. The Labute approximate surface area is 102 Å². The van der Waals surface area contributed by atoms with Gasteiger partial charge in [0.15, 0.2) is 0 Å². The van der Waals surface area contributed by atoms with E-state index in [1.165, 1.54) is 12.1 Å². The lowest BCUT2D eigenvalue weighted by Gasteiger charge is -2.14. The van der Waals surface area contributed by atoms with Crippen molar-refractivity contribution in [2.24, 2.45) is 0 Å². The quantitative estimate of drug-likeness (QED) is 0.781. The fraction of sp³-hybridized carbons (Fsp3) is 0.636. The molecule has 1 heterocycles. The molecule has 1 unspecified atom stereocenters. The Morgan fingerprint density at radius 3 is 2.59 bits per heavy atom. The molecule has 0 aliphatic carbocycles. The summed E-state index contributed by atoms with van der Waals surface area (Å²) in [5, 5.41) is 8.68. The molecule has 0 spiro atoms. The predicted molar refractivity (Wildman–Crippen MR) is 63.9 cm³/mol. The fourth-order valence-corrected chi connectivity index (χ4v) is 2.86. The molecule has 0 aliphatic heterocycles. The largest absolute Gasteiger partial charge is 0.446 e. The van der Waals surface area contributed by atoms with E-state index in [-0.39, 0.29) is 23.5 Å². The minimum atomic E-state index is -3.61. The van der Waals surface area contributed by atoms with Crippen molar-refractivity contribution >= 4 is 10.0 Å². The third kappa shape index (κ3) is 3.83. The molecule has 1 aromatic rings. The Hall–Kier alpha value is -0.850. The van der Waals surface area contributed by atoms with Crippen molar-refractivity contribution in [3.05, 3.63) is 17.9 Å². The highest BCUT2D eigenvalue weighted by molar-refractivity contribution is 7.89. The van der Waals surface area contributed by atoms with E-state index in [1.807, 2.05) is 13.8 Å². The molecular weight excluding hydrogens is 242 g/mol. The normalized spacial score (nSPS) is 13.8. The van der Waals surface area contributed by atoms with Crippen molar-refractivity contribution in [2.45, 2.75) is 50.9 Å². The molecule has 1 rings (SSSR count). The third-order valence-corrected chi connectivity index (χ3v) is 3.90. The molecule has 0 aromatic carbocycles. The molecule has 0 saturated carbocycles. The molecule has 0 fully saturated rings. The summed E-state index contributed by atoms with van der Waals surface area (Å²) < 4.78 is 31.5. The van der Waals surface area contributed by atoms with E-state index in [4.69, 9.17) is 9.52 Å². The zero-order valence-corrected chi connectivity index (χ0v) is 11.0. The summed E-state index contributed by atoms with van der Waals surface area (Å²) in [6.45, 7) is 3.64. The van der Waals surface area contributed by atoms with E-state index < -0.39 is 10.0 Å². The molecule has 0 saturated heterocycles. The van der Waals surface area contributed by atoms with Gasteiger partial charge in [-0.15, -0.1) is 0 Å². The molecule has 0 bridgehead atoms. The van der Waals surface area contributed by atoms with E-state index in [0.29, 0.717) is 0 Å². The molecule has 98 valence electrons. The molecule has 0 amide bonds. The van der Waals surface area contributed by atoms with Crippen LogP contribution in [0.2, 0.25) is 0 Å². The summed E-state index contributed by atoms with van der Waals surface area (Å²) in [6.07, 6.45) is 2.45. The number of aliphatic hydroxyl groups excluding tert-OH is 1. The van der Waals surface area contributed by atoms with Crippen molar-refractivity contribution < 1.29 is 17.9 Å². The van der Waals surface area contributed by atoms with E-state index >= 15 is 0 Å². The zero-order valence-electron chi connectivity index (χ0n) is 10.1. The van der Waals surface area contributed by atoms with Crippen LogP contribution in [0.15, 0.2) is 21.6 Å². The Kier molecular flexibility index (Phi) is 5.17. The van der Waals surface area contributed by atoms with Gasteiger partial charge in [0.2, 0.25) is 5.09 Å². The van der Waals surface area contributed by atoms with Crippen LogP contribution in [-0.4, -0.2) is 19.6 Å². The highest BCUT2D eigenvalue weighted by Gasteiger charge is 2.21. The van der Waals surface area contributed by atoms with Gasteiger partial charge in [0.05, 0.1) is 0 Å². The van der Waals surface area contributed by atoms with Crippen molar-refractivity contribution in [1.82, 2.24) is 4.72 Å². The maximum atomic E-state index is 11.9. The summed E-state index contributed by atoms with van der Waals surface area (Å²) in [7, 11) is -3.61. The lowest BCUT2D eigenvalue weighted by molar-refractivity contribution is 0.236. The first-order valence-corrected chi connectivity index (χ1v) is 7.23. The van der Waals surface area contributed by atoms with Crippen LogP contribution in [0, 0.1) is 0 Å². The number of furan rings is 1. The van der Waals surface area contributed by atoms with E-state index in [1.54, 1.807) is 0 Å². The van der Waals surface area contributed by atoms with Crippen LogP contribution in [0.25, 0.3) is 0 Å². The van der Waals surface area contributed by atoms with Crippen LogP contribution in [0.4, 0.5) is 0 Å². The molecule has 17 heavy (non-hydrogen) atoms. The molecule has 5 nitrogen and oxygen atoms in total. The van der Waals surface area contributed by atoms with E-state index in [2.05, 4.69) is 4.72 Å². The topological polar surface area (TPSA) is 79.5 Å². The minimum Gasteiger partial charge on any atom is -0.446 e. The van der Waals surface area contributed by atoms with Gasteiger partial charge in [-0.1, -0.05) is 20.3 Å². The molecule has 1 aromatic heterocycles. The second kappa shape index (κ2) is 6.18. The van der Waals surface area contributed by atoms with E-state index in [0.717, 1.165) is 19.3 Å². The van der Waals surface area contributed by atoms with Crippen LogP contribution in [0.3, 0.4) is 0 Å². The first kappa shape index (κ1) is 14.2. The van der Waals surface area contributed by atoms with Crippen molar-refractivity contribution in [3.63, 3.8) is 0 Å². The lowest BCUT2D eigenvalue weighted by atomic mass is 10.1. The Bertz CT molecular complexity index is 438. The summed E-state index contributed by atoms with van der Waals surface area (Å²) in [5.41, 5.74) is 0. The summed E-state index contributed by atoms with van der Waals surface area (Å²) in [6, 6.07) is 2.73. The molecular formula is C11H19NO4S. The summed E-state index contributed by atoms with van der Waals surface area (Å²) in [5.74, 6) is 0.244. The number of hydrogen-bond donors (Lipinski definition) is 2. The van der Waals surface area contributed by atoms with Crippen molar-refractivity contribution in [3.8, 4) is 0 Å². The maximum Gasteiger partial charge on any atom is 0.274 e. The van der Waals surface area contributed by atoms with Gasteiger partial charge in [-0.3, -0.25) is 0 Å². The monoisotopic (exact) mass is 261 g/mol. The van der Waals surface area contributed by atoms with Gasteiger partial charge in [0.1, 0.15) is 12.4 Å². The number of sulfonamides is 1. The van der Waals surface area contributed by atoms with E-state index in [9.17, 15) is 8.42 Å². The van der Waals surface area contributed by atoms with Gasteiger partial charge in [0, 0.05) is 6.04 Å². The number of hydrogen-bond acceptors (Lipinski definition) is 4. The van der Waals surface area contributed by atoms with Crippen LogP contribution in [-0.2, 0) is 16.6 Å². The van der Waals surface area contributed by atoms with Crippen molar-refractivity contribution in [1.29, 1.82) is 0 Å². The fourth-order valence-electron chi connectivity index (χ4n) is 1.56. The predicted octanol–water partition coefficient (Wildman–Crippen LogP) is 1.63. The molecule has 1 atom stereocenters. The summed E-state index contributed by atoms with van der Waals surface area (Å²) in [4.78, 5) is 0. The number of aliphatic hydroxyl groups is 1. The number of nitrogens with one attached hydrogen (secondary N) is 1. The highest BCUT2D eigenvalue weighted by atomic mass is 32.2. The van der Waals surface area contributed by atoms with Crippen molar-refractivity contribution in [2.75, 3.05) is 0 Å². The molecule has 6 heteroatoms. The van der Waals surface area contributed by atoms with Gasteiger partial charge in [-0.2, -0.15) is 0 Å².